The Morgan fingerprint density at radius 2 is 2.16 bits per heavy atom. The molecule has 3 rings (SSSR count). The van der Waals surface area contributed by atoms with E-state index in [0.717, 1.165) is 28.1 Å². The summed E-state index contributed by atoms with van der Waals surface area (Å²) in [4.78, 5) is 19.6. The fourth-order valence-corrected chi connectivity index (χ4v) is 2.43. The number of carbonyl (C=O) groups excluding carboxylic acids is 1. The number of hydrogen-bond acceptors (Lipinski definition) is 5. The molecule has 8 nitrogen and oxygen atoms in total. The monoisotopic (exact) mass is 337 g/mol. The molecule has 0 aliphatic heterocycles. The quantitative estimate of drug-likeness (QED) is 0.660. The van der Waals surface area contributed by atoms with Crippen molar-refractivity contribution < 1.29 is 4.79 Å². The predicted molar refractivity (Wildman–Crippen MR) is 95.1 cm³/mol. The lowest BCUT2D eigenvalue weighted by atomic mass is 10.0. The van der Waals surface area contributed by atoms with Crippen molar-refractivity contribution in [2.45, 2.75) is 13.5 Å². The summed E-state index contributed by atoms with van der Waals surface area (Å²) in [6, 6.07) is 7.25. The molecule has 1 aromatic carbocycles. The molecule has 0 bridgehead atoms. The van der Waals surface area contributed by atoms with E-state index in [0.29, 0.717) is 12.5 Å². The summed E-state index contributed by atoms with van der Waals surface area (Å²) in [5.74, 6) is 0.502. The molecule has 2 aromatic heterocycles. The first kappa shape index (κ1) is 16.4. The molecule has 128 valence electrons. The van der Waals surface area contributed by atoms with Crippen LogP contribution in [0.1, 0.15) is 11.1 Å². The van der Waals surface area contributed by atoms with E-state index in [1.807, 2.05) is 44.4 Å². The van der Waals surface area contributed by atoms with Gasteiger partial charge in [-0.2, -0.15) is 5.10 Å². The molecular weight excluding hydrogens is 318 g/mol. The van der Waals surface area contributed by atoms with E-state index >= 15 is 0 Å². The molecule has 3 aromatic rings. The van der Waals surface area contributed by atoms with E-state index in [2.05, 4.69) is 25.7 Å². The second-order valence-corrected chi connectivity index (χ2v) is 5.65. The molecule has 0 spiro atoms. The summed E-state index contributed by atoms with van der Waals surface area (Å²) < 4.78 is 1.70. The van der Waals surface area contributed by atoms with Crippen LogP contribution in [0, 0.1) is 6.92 Å². The van der Waals surface area contributed by atoms with Crippen molar-refractivity contribution in [1.82, 2.24) is 25.1 Å². The fraction of sp³-hybridized carbons (Fsp3) is 0.176. The van der Waals surface area contributed by atoms with E-state index in [1.54, 1.807) is 17.1 Å². The molecule has 0 saturated heterocycles. The van der Waals surface area contributed by atoms with Gasteiger partial charge >= 0.3 is 6.03 Å². The molecular formula is C17H19N7O. The number of rotatable bonds is 5. The summed E-state index contributed by atoms with van der Waals surface area (Å²) in [7, 11) is 1.85. The van der Waals surface area contributed by atoms with Gasteiger partial charge in [0.1, 0.15) is 0 Å². The van der Waals surface area contributed by atoms with Gasteiger partial charge in [-0.1, -0.05) is 12.1 Å². The Kier molecular flexibility index (Phi) is 4.60. The average Bonchev–Trinajstić information content (AvgIpc) is 2.98. The van der Waals surface area contributed by atoms with Gasteiger partial charge in [-0.3, -0.25) is 4.68 Å². The zero-order chi connectivity index (χ0) is 17.8. The number of nitrogens with one attached hydrogen (secondary N) is 2. The Bertz CT molecular complexity index is 904. The number of amides is 2. The third kappa shape index (κ3) is 4.11. The zero-order valence-electron chi connectivity index (χ0n) is 14.0. The lowest BCUT2D eigenvalue weighted by Crippen LogP contribution is -2.28. The van der Waals surface area contributed by atoms with Gasteiger partial charge in [-0.15, -0.1) is 0 Å². The van der Waals surface area contributed by atoms with Crippen molar-refractivity contribution in [3.63, 3.8) is 0 Å². The summed E-state index contributed by atoms with van der Waals surface area (Å²) in [6.07, 6.45) is 5.26. The summed E-state index contributed by atoms with van der Waals surface area (Å²) in [5.41, 5.74) is 9.76. The average molecular weight is 337 g/mol. The minimum absolute atomic E-state index is 0.402. The van der Waals surface area contributed by atoms with E-state index in [1.165, 1.54) is 0 Å². The first-order valence-electron chi connectivity index (χ1n) is 7.73. The summed E-state index contributed by atoms with van der Waals surface area (Å²) in [5, 5.41) is 9.83. The number of carbonyl (C=O) groups is 1. The van der Waals surface area contributed by atoms with Crippen LogP contribution in [0.2, 0.25) is 0 Å². The minimum atomic E-state index is -0.537. The van der Waals surface area contributed by atoms with E-state index in [4.69, 9.17) is 5.73 Å². The number of aromatic nitrogens is 4. The van der Waals surface area contributed by atoms with Crippen molar-refractivity contribution in [1.29, 1.82) is 0 Å². The van der Waals surface area contributed by atoms with Crippen molar-refractivity contribution in [3.8, 4) is 11.3 Å². The molecule has 4 N–H and O–H groups in total. The molecule has 0 unspecified atom stereocenters. The molecule has 0 saturated carbocycles. The molecule has 0 aliphatic rings. The maximum atomic E-state index is 10.8. The largest absolute Gasteiger partial charge is 0.352 e. The predicted octanol–water partition coefficient (Wildman–Crippen LogP) is 2.10. The Balaban J connectivity index is 1.80. The van der Waals surface area contributed by atoms with Gasteiger partial charge in [-0.25, -0.2) is 14.8 Å². The maximum absolute atomic E-state index is 10.8. The second-order valence-electron chi connectivity index (χ2n) is 5.65. The van der Waals surface area contributed by atoms with Crippen LogP contribution in [0.4, 0.5) is 16.4 Å². The van der Waals surface area contributed by atoms with Crippen LogP contribution in [0.15, 0.2) is 42.9 Å². The van der Waals surface area contributed by atoms with Gasteiger partial charge < -0.3 is 16.4 Å². The molecule has 2 heterocycles. The van der Waals surface area contributed by atoms with E-state index in [9.17, 15) is 4.79 Å². The highest BCUT2D eigenvalue weighted by Gasteiger charge is 2.07. The SMILES string of the molecule is Cc1cc(-c2ccnc(Nc3cnn(C)c3)n2)ccc1CNC(N)=O. The van der Waals surface area contributed by atoms with Crippen LogP contribution in [0.3, 0.4) is 0 Å². The normalized spacial score (nSPS) is 10.5. The molecule has 8 heteroatoms. The van der Waals surface area contributed by atoms with Gasteiger partial charge in [0.15, 0.2) is 0 Å². The Hall–Kier alpha value is -3.42. The highest BCUT2D eigenvalue weighted by Crippen LogP contribution is 2.22. The third-order valence-electron chi connectivity index (χ3n) is 3.71. The zero-order valence-corrected chi connectivity index (χ0v) is 14.0. The van der Waals surface area contributed by atoms with Crippen molar-refractivity contribution in [2.24, 2.45) is 12.8 Å². The minimum Gasteiger partial charge on any atom is -0.352 e. The third-order valence-corrected chi connectivity index (χ3v) is 3.71. The second kappa shape index (κ2) is 7.00. The lowest BCUT2D eigenvalue weighted by molar-refractivity contribution is 0.248. The van der Waals surface area contributed by atoms with Gasteiger partial charge in [-0.05, 0) is 30.2 Å². The van der Waals surface area contributed by atoms with Gasteiger partial charge in [0.25, 0.3) is 0 Å². The molecule has 0 radical (unpaired) electrons. The molecule has 0 atom stereocenters. The topological polar surface area (TPSA) is 111 Å². The lowest BCUT2D eigenvalue weighted by Gasteiger charge is -2.09. The standard InChI is InChI=1S/C17H19N7O/c1-11-7-12(3-4-13(11)8-20-16(18)25)15-5-6-19-17(23-15)22-14-9-21-24(2)10-14/h3-7,9-10H,8H2,1-2H3,(H3,18,20,25)(H,19,22,23). The van der Waals surface area contributed by atoms with Crippen LogP contribution in [-0.4, -0.2) is 25.8 Å². The van der Waals surface area contributed by atoms with Gasteiger partial charge in [0.2, 0.25) is 5.95 Å². The number of primary amides is 1. The number of anilines is 2. The van der Waals surface area contributed by atoms with Crippen LogP contribution in [-0.2, 0) is 13.6 Å². The Labute approximate surface area is 145 Å². The fourth-order valence-electron chi connectivity index (χ4n) is 2.43. The van der Waals surface area contributed by atoms with Crippen molar-refractivity contribution in [3.05, 3.63) is 54.0 Å². The first-order valence-corrected chi connectivity index (χ1v) is 7.73. The highest BCUT2D eigenvalue weighted by atomic mass is 16.2. The van der Waals surface area contributed by atoms with Crippen LogP contribution < -0.4 is 16.4 Å². The van der Waals surface area contributed by atoms with Crippen molar-refractivity contribution in [2.75, 3.05) is 5.32 Å². The van der Waals surface area contributed by atoms with E-state index < -0.39 is 6.03 Å². The number of nitrogens with zero attached hydrogens (tertiary/aromatic N) is 4. The number of benzene rings is 1. The van der Waals surface area contributed by atoms with Gasteiger partial charge in [0.05, 0.1) is 17.6 Å². The molecule has 25 heavy (non-hydrogen) atoms. The molecule has 0 aliphatic carbocycles. The number of urea groups is 1. The number of hydrogen-bond donors (Lipinski definition) is 3. The molecule has 0 fully saturated rings. The summed E-state index contributed by atoms with van der Waals surface area (Å²) in [6.45, 7) is 2.39. The molecule has 2 amide bonds. The van der Waals surface area contributed by atoms with Crippen molar-refractivity contribution >= 4 is 17.7 Å². The number of aryl methyl sites for hydroxylation is 2. The maximum Gasteiger partial charge on any atom is 0.312 e. The van der Waals surface area contributed by atoms with E-state index in [-0.39, 0.29) is 0 Å². The Morgan fingerprint density at radius 3 is 2.84 bits per heavy atom. The smallest absolute Gasteiger partial charge is 0.312 e. The van der Waals surface area contributed by atoms with Crippen LogP contribution in [0.25, 0.3) is 11.3 Å². The van der Waals surface area contributed by atoms with Crippen LogP contribution >= 0.6 is 0 Å². The van der Waals surface area contributed by atoms with Crippen LogP contribution in [0.5, 0.6) is 0 Å². The number of nitrogens with two attached hydrogens (primary N) is 1. The highest BCUT2D eigenvalue weighted by molar-refractivity contribution is 5.71. The summed E-state index contributed by atoms with van der Waals surface area (Å²) >= 11 is 0. The first-order chi connectivity index (χ1) is 12.0. The van der Waals surface area contributed by atoms with Gasteiger partial charge in [0, 0.05) is 31.5 Å². The Morgan fingerprint density at radius 1 is 1.32 bits per heavy atom.